The van der Waals surface area contributed by atoms with Crippen LogP contribution in [0.15, 0.2) is 17.2 Å². The van der Waals surface area contributed by atoms with Gasteiger partial charge in [-0.3, -0.25) is 19.7 Å². The van der Waals surface area contributed by atoms with Crippen LogP contribution in [0.1, 0.15) is 18.9 Å². The largest absolute Gasteiger partial charge is 0.865 e. The number of hydrogen-bond acceptors (Lipinski definition) is 7. The van der Waals surface area contributed by atoms with Gasteiger partial charge in [0, 0.05) is 23.9 Å². The SMILES string of the molecule is CCCNC(=O)C(=O)N/N=C\c1cc(OC)c([O-])c([N+](=O)[O-])c1. The fourth-order valence-corrected chi connectivity index (χ4v) is 1.51. The molecular formula is C13H15N4O6-. The minimum absolute atomic E-state index is 0.155. The molecule has 0 atom stereocenters. The van der Waals surface area contributed by atoms with Gasteiger partial charge in [0.05, 0.1) is 18.2 Å². The van der Waals surface area contributed by atoms with E-state index < -0.39 is 28.2 Å². The Kier molecular flexibility index (Phi) is 6.46. The van der Waals surface area contributed by atoms with Gasteiger partial charge in [0.25, 0.3) is 5.69 Å². The van der Waals surface area contributed by atoms with Crippen molar-refractivity contribution >= 4 is 23.7 Å². The molecule has 0 fully saturated rings. The highest BCUT2D eigenvalue weighted by molar-refractivity contribution is 6.35. The number of nitro benzene ring substituents is 1. The molecule has 0 bridgehead atoms. The quantitative estimate of drug-likeness (QED) is 0.317. The smallest absolute Gasteiger partial charge is 0.329 e. The minimum atomic E-state index is -0.975. The van der Waals surface area contributed by atoms with Crippen LogP contribution < -0.4 is 20.6 Å². The highest BCUT2D eigenvalue weighted by Crippen LogP contribution is 2.33. The van der Waals surface area contributed by atoms with E-state index in [1.807, 2.05) is 12.3 Å². The summed E-state index contributed by atoms with van der Waals surface area (Å²) in [5.74, 6) is -2.91. The maximum atomic E-state index is 11.6. The van der Waals surface area contributed by atoms with E-state index in [1.165, 1.54) is 13.2 Å². The first-order chi connectivity index (χ1) is 10.9. The summed E-state index contributed by atoms with van der Waals surface area (Å²) in [6, 6.07) is 2.21. The van der Waals surface area contributed by atoms with Gasteiger partial charge < -0.3 is 15.2 Å². The number of carbonyl (C=O) groups excluding carboxylic acids is 2. The molecule has 0 aliphatic rings. The highest BCUT2D eigenvalue weighted by atomic mass is 16.6. The van der Waals surface area contributed by atoms with E-state index in [4.69, 9.17) is 4.74 Å². The van der Waals surface area contributed by atoms with Gasteiger partial charge >= 0.3 is 11.8 Å². The Morgan fingerprint density at radius 1 is 1.39 bits per heavy atom. The predicted octanol–water partition coefficient (Wildman–Crippen LogP) is -0.347. The Hall–Kier alpha value is -3.17. The Morgan fingerprint density at radius 3 is 2.65 bits per heavy atom. The molecule has 2 N–H and O–H groups in total. The summed E-state index contributed by atoms with van der Waals surface area (Å²) < 4.78 is 4.76. The van der Waals surface area contributed by atoms with Crippen molar-refractivity contribution in [3.63, 3.8) is 0 Å². The summed E-state index contributed by atoms with van der Waals surface area (Å²) in [4.78, 5) is 32.6. The normalized spacial score (nSPS) is 10.3. The number of carbonyl (C=O) groups is 2. The van der Waals surface area contributed by atoms with Gasteiger partial charge in [-0.1, -0.05) is 6.92 Å². The highest BCUT2D eigenvalue weighted by Gasteiger charge is 2.13. The number of rotatable bonds is 6. The lowest BCUT2D eigenvalue weighted by molar-refractivity contribution is -0.398. The Bertz CT molecular complexity index is 644. The van der Waals surface area contributed by atoms with Crippen LogP contribution in [0.4, 0.5) is 5.69 Å². The first-order valence-electron chi connectivity index (χ1n) is 6.55. The van der Waals surface area contributed by atoms with Crippen LogP contribution in [0.25, 0.3) is 0 Å². The van der Waals surface area contributed by atoms with Crippen molar-refractivity contribution in [3.05, 3.63) is 27.8 Å². The number of nitro groups is 1. The molecule has 0 saturated carbocycles. The molecule has 124 valence electrons. The predicted molar refractivity (Wildman–Crippen MR) is 78.1 cm³/mol. The third kappa shape index (κ3) is 4.95. The average Bonchev–Trinajstić information content (AvgIpc) is 2.53. The summed E-state index contributed by atoms with van der Waals surface area (Å²) in [5, 5.41) is 28.3. The fourth-order valence-electron chi connectivity index (χ4n) is 1.51. The van der Waals surface area contributed by atoms with E-state index in [2.05, 4.69) is 10.4 Å². The van der Waals surface area contributed by atoms with Gasteiger partial charge in [0.2, 0.25) is 0 Å². The van der Waals surface area contributed by atoms with Crippen LogP contribution >= 0.6 is 0 Å². The molecule has 1 aromatic rings. The van der Waals surface area contributed by atoms with Crippen LogP contribution in [-0.2, 0) is 9.59 Å². The van der Waals surface area contributed by atoms with E-state index in [0.717, 1.165) is 12.3 Å². The van der Waals surface area contributed by atoms with E-state index in [9.17, 15) is 24.8 Å². The van der Waals surface area contributed by atoms with E-state index in [1.54, 1.807) is 0 Å². The van der Waals surface area contributed by atoms with Crippen molar-refractivity contribution in [1.82, 2.24) is 10.7 Å². The number of amides is 2. The van der Waals surface area contributed by atoms with Crippen molar-refractivity contribution in [2.24, 2.45) is 5.10 Å². The van der Waals surface area contributed by atoms with E-state index in [0.29, 0.717) is 13.0 Å². The molecule has 0 aromatic heterocycles. The van der Waals surface area contributed by atoms with E-state index in [-0.39, 0.29) is 11.3 Å². The molecule has 0 saturated heterocycles. The molecule has 23 heavy (non-hydrogen) atoms. The molecule has 1 aromatic carbocycles. The molecular weight excluding hydrogens is 308 g/mol. The standard InChI is InChI=1S/C13H16N4O6/c1-3-4-14-12(19)13(20)16-15-7-8-5-9(17(21)22)11(18)10(6-8)23-2/h5-7,18H,3-4H2,1-2H3,(H,14,19)(H,16,20)/p-1/b15-7-. The van der Waals surface area contributed by atoms with Gasteiger partial charge in [-0.05, 0) is 12.5 Å². The molecule has 10 heteroatoms. The van der Waals surface area contributed by atoms with Crippen molar-refractivity contribution in [2.75, 3.05) is 13.7 Å². The molecule has 0 aliphatic heterocycles. The fraction of sp³-hybridized carbons (Fsp3) is 0.308. The maximum Gasteiger partial charge on any atom is 0.329 e. The molecule has 10 nitrogen and oxygen atoms in total. The van der Waals surface area contributed by atoms with Gasteiger partial charge in [-0.2, -0.15) is 5.10 Å². The molecule has 0 spiro atoms. The number of ether oxygens (including phenoxy) is 1. The van der Waals surface area contributed by atoms with Crippen molar-refractivity contribution < 1.29 is 24.4 Å². The molecule has 2 amide bonds. The van der Waals surface area contributed by atoms with Crippen molar-refractivity contribution in [2.45, 2.75) is 13.3 Å². The van der Waals surface area contributed by atoms with Crippen LogP contribution in [0.3, 0.4) is 0 Å². The first kappa shape index (κ1) is 17.9. The second kappa shape index (κ2) is 8.32. The zero-order valence-corrected chi connectivity index (χ0v) is 12.5. The third-order valence-electron chi connectivity index (χ3n) is 2.60. The van der Waals surface area contributed by atoms with Crippen molar-refractivity contribution in [3.8, 4) is 11.5 Å². The molecule has 0 aliphatic carbocycles. The van der Waals surface area contributed by atoms with Crippen molar-refractivity contribution in [1.29, 1.82) is 0 Å². The van der Waals surface area contributed by atoms with Gasteiger partial charge in [0.15, 0.2) is 0 Å². The van der Waals surface area contributed by atoms with Gasteiger partial charge in [-0.25, -0.2) is 5.43 Å². The number of nitrogens with zero attached hydrogens (tertiary/aromatic N) is 2. The van der Waals surface area contributed by atoms with Crippen LogP contribution in [-0.4, -0.2) is 36.6 Å². The topological polar surface area (TPSA) is 146 Å². The molecule has 1 rings (SSSR count). The van der Waals surface area contributed by atoms with E-state index >= 15 is 0 Å². The number of methoxy groups -OCH3 is 1. The third-order valence-corrected chi connectivity index (χ3v) is 2.60. The monoisotopic (exact) mass is 323 g/mol. The number of hydrogen-bond donors (Lipinski definition) is 2. The summed E-state index contributed by atoms with van der Waals surface area (Å²) in [6.45, 7) is 2.18. The Morgan fingerprint density at radius 2 is 2.09 bits per heavy atom. The summed E-state index contributed by atoms with van der Waals surface area (Å²) in [5.41, 5.74) is 1.44. The molecule has 0 heterocycles. The molecule has 0 unspecified atom stereocenters. The minimum Gasteiger partial charge on any atom is -0.865 e. The second-order valence-corrected chi connectivity index (χ2v) is 4.28. The van der Waals surface area contributed by atoms with Crippen LogP contribution in [0.5, 0.6) is 11.5 Å². The lowest BCUT2D eigenvalue weighted by atomic mass is 10.2. The Labute approximate surface area is 131 Å². The number of nitrogens with one attached hydrogen (secondary N) is 2. The lowest BCUT2D eigenvalue weighted by Gasteiger charge is -2.12. The maximum absolute atomic E-state index is 11.6. The van der Waals surface area contributed by atoms with Crippen LogP contribution in [0, 0.1) is 10.1 Å². The summed E-state index contributed by atoms with van der Waals surface area (Å²) in [6.07, 6.45) is 1.73. The second-order valence-electron chi connectivity index (χ2n) is 4.28. The van der Waals surface area contributed by atoms with Crippen LogP contribution in [0.2, 0.25) is 0 Å². The summed E-state index contributed by atoms with van der Waals surface area (Å²) in [7, 11) is 1.20. The first-order valence-corrected chi connectivity index (χ1v) is 6.55. The molecule has 0 radical (unpaired) electrons. The van der Waals surface area contributed by atoms with Gasteiger partial charge in [0.1, 0.15) is 5.75 Å². The van der Waals surface area contributed by atoms with Gasteiger partial charge in [-0.15, -0.1) is 0 Å². The number of hydrazone groups is 1. The zero-order valence-electron chi connectivity index (χ0n) is 12.5. The summed E-state index contributed by atoms with van der Waals surface area (Å²) >= 11 is 0. The lowest BCUT2D eigenvalue weighted by Crippen LogP contribution is -2.38. The average molecular weight is 323 g/mol. The zero-order chi connectivity index (χ0) is 17.4. The Balaban J connectivity index is 2.84. The number of benzene rings is 1.